The van der Waals surface area contributed by atoms with E-state index in [0.717, 1.165) is 0 Å². The Morgan fingerprint density at radius 1 is 0.531 bits per heavy atom. The predicted octanol–water partition coefficient (Wildman–Crippen LogP) is 8.65. The van der Waals surface area contributed by atoms with Crippen LogP contribution < -0.4 is 0 Å². The summed E-state index contributed by atoms with van der Waals surface area (Å²) in [6.45, 7) is 11.1. The van der Waals surface area contributed by atoms with Crippen LogP contribution in [-0.2, 0) is 19.1 Å². The van der Waals surface area contributed by atoms with Gasteiger partial charge in [-0.3, -0.25) is 9.59 Å². The van der Waals surface area contributed by atoms with Crippen LogP contribution >= 0.6 is 0 Å². The number of ether oxygens (including phenoxy) is 2. The molecule has 1 saturated carbocycles. The van der Waals surface area contributed by atoms with E-state index >= 15 is 0 Å². The zero-order valence-electron chi connectivity index (χ0n) is 22.1. The Morgan fingerprint density at radius 3 is 1.12 bits per heavy atom. The first kappa shape index (κ1) is 33.1. The van der Waals surface area contributed by atoms with Crippen LogP contribution in [0.2, 0.25) is 0 Å². The standard InChI is InChI=1S/2C11H22O2.C6H12/c2*1-3-5-6-8-11(7-4-2)9-13-10-12;1-2-4-6-5-3-1/h2*10-11H,3-9H2,1-2H3;1-6H2. The molecule has 192 valence electrons. The maximum absolute atomic E-state index is 10.0. The number of unbranched alkanes of at least 4 members (excludes halogenated alkanes) is 4. The van der Waals surface area contributed by atoms with Crippen LogP contribution in [0.4, 0.5) is 0 Å². The van der Waals surface area contributed by atoms with Crippen molar-refractivity contribution in [3.8, 4) is 0 Å². The average Bonchev–Trinajstić information content (AvgIpc) is 2.83. The molecule has 0 aliphatic heterocycles. The maximum Gasteiger partial charge on any atom is 0.293 e. The van der Waals surface area contributed by atoms with Crippen LogP contribution in [-0.4, -0.2) is 26.2 Å². The normalized spacial score (nSPS) is 14.6. The van der Waals surface area contributed by atoms with E-state index in [0.29, 0.717) is 38.0 Å². The molecule has 1 fully saturated rings. The van der Waals surface area contributed by atoms with Gasteiger partial charge in [0.1, 0.15) is 0 Å². The van der Waals surface area contributed by atoms with Gasteiger partial charge in [0.2, 0.25) is 0 Å². The lowest BCUT2D eigenvalue weighted by molar-refractivity contribution is -0.130. The number of rotatable bonds is 18. The highest BCUT2D eigenvalue weighted by atomic mass is 16.5. The van der Waals surface area contributed by atoms with Crippen molar-refractivity contribution >= 4 is 12.9 Å². The van der Waals surface area contributed by atoms with Gasteiger partial charge in [-0.25, -0.2) is 0 Å². The molecule has 1 aliphatic carbocycles. The highest BCUT2D eigenvalue weighted by Gasteiger charge is 2.08. The molecule has 0 spiro atoms. The second kappa shape index (κ2) is 29.9. The predicted molar refractivity (Wildman–Crippen MR) is 137 cm³/mol. The smallest absolute Gasteiger partial charge is 0.293 e. The second-order valence-corrected chi connectivity index (χ2v) is 9.28. The molecule has 0 bridgehead atoms. The molecule has 1 aliphatic rings. The minimum atomic E-state index is 0.558. The van der Waals surface area contributed by atoms with Crippen molar-refractivity contribution in [2.75, 3.05) is 13.2 Å². The SMILES string of the molecule is C1CCCCC1.CCCCCC(CCC)COC=O.CCCCCC(CCC)COC=O. The molecule has 4 heteroatoms. The van der Waals surface area contributed by atoms with Gasteiger partial charge < -0.3 is 9.47 Å². The molecule has 0 heterocycles. The number of carbonyl (C=O) groups is 2. The average molecular weight is 457 g/mol. The molecular weight excluding hydrogens is 400 g/mol. The molecule has 32 heavy (non-hydrogen) atoms. The van der Waals surface area contributed by atoms with E-state index in [4.69, 9.17) is 9.47 Å². The van der Waals surface area contributed by atoms with E-state index in [-0.39, 0.29) is 0 Å². The molecule has 0 aromatic heterocycles. The van der Waals surface area contributed by atoms with Crippen LogP contribution in [0, 0.1) is 11.8 Å². The van der Waals surface area contributed by atoms with Crippen LogP contribution in [0.15, 0.2) is 0 Å². The Bertz CT molecular complexity index is 316. The fraction of sp³-hybridized carbons (Fsp3) is 0.929. The van der Waals surface area contributed by atoms with Gasteiger partial charge in [-0.1, -0.05) is 118 Å². The highest BCUT2D eigenvalue weighted by Crippen LogP contribution is 2.17. The summed E-state index contributed by atoms with van der Waals surface area (Å²) >= 11 is 0. The minimum absolute atomic E-state index is 0.558. The van der Waals surface area contributed by atoms with Crippen LogP contribution in [0.25, 0.3) is 0 Å². The fourth-order valence-corrected chi connectivity index (χ4v) is 4.22. The molecule has 2 atom stereocenters. The summed E-state index contributed by atoms with van der Waals surface area (Å²) in [5.41, 5.74) is 0. The van der Waals surface area contributed by atoms with Gasteiger partial charge in [-0.2, -0.15) is 0 Å². The molecular formula is C28H56O4. The minimum Gasteiger partial charge on any atom is -0.468 e. The molecule has 0 amide bonds. The molecule has 0 saturated heterocycles. The highest BCUT2D eigenvalue weighted by molar-refractivity contribution is 5.37. The number of carbonyl (C=O) groups excluding carboxylic acids is 2. The van der Waals surface area contributed by atoms with Crippen molar-refractivity contribution in [3.05, 3.63) is 0 Å². The molecule has 0 N–H and O–H groups in total. The van der Waals surface area contributed by atoms with Gasteiger partial charge >= 0.3 is 0 Å². The van der Waals surface area contributed by atoms with Crippen molar-refractivity contribution in [3.63, 3.8) is 0 Å². The number of hydrogen-bond acceptors (Lipinski definition) is 4. The van der Waals surface area contributed by atoms with Gasteiger partial charge in [-0.05, 0) is 37.5 Å². The van der Waals surface area contributed by atoms with E-state index in [1.807, 2.05) is 0 Å². The summed E-state index contributed by atoms with van der Waals surface area (Å²) in [5, 5.41) is 0. The van der Waals surface area contributed by atoms with E-state index in [1.165, 1.54) is 116 Å². The quantitative estimate of drug-likeness (QED) is 0.153. The van der Waals surface area contributed by atoms with Crippen molar-refractivity contribution in [2.45, 2.75) is 143 Å². The molecule has 2 unspecified atom stereocenters. The number of hydrogen-bond donors (Lipinski definition) is 0. The Hall–Kier alpha value is -1.06. The summed E-state index contributed by atoms with van der Waals surface area (Å²) in [5.74, 6) is 1.17. The summed E-state index contributed by atoms with van der Waals surface area (Å²) in [4.78, 5) is 20.0. The lowest BCUT2D eigenvalue weighted by atomic mass is 9.97. The Morgan fingerprint density at radius 2 is 0.875 bits per heavy atom. The zero-order valence-corrected chi connectivity index (χ0v) is 22.1. The van der Waals surface area contributed by atoms with E-state index in [2.05, 4.69) is 27.7 Å². The Labute approximate surface area is 200 Å². The monoisotopic (exact) mass is 456 g/mol. The van der Waals surface area contributed by atoms with Crippen LogP contribution in [0.1, 0.15) is 143 Å². The first-order valence-electron chi connectivity index (χ1n) is 13.8. The van der Waals surface area contributed by atoms with Gasteiger partial charge in [-0.15, -0.1) is 0 Å². The third-order valence-electron chi connectivity index (χ3n) is 6.13. The molecule has 0 aromatic rings. The lowest BCUT2D eigenvalue weighted by Crippen LogP contribution is -2.08. The summed E-state index contributed by atoms with van der Waals surface area (Å²) < 4.78 is 9.60. The van der Waals surface area contributed by atoms with Gasteiger partial charge in [0.15, 0.2) is 0 Å². The summed E-state index contributed by atoms with van der Waals surface area (Å²) in [6.07, 6.45) is 23.8. The van der Waals surface area contributed by atoms with Gasteiger partial charge in [0, 0.05) is 0 Å². The topological polar surface area (TPSA) is 52.6 Å². The van der Waals surface area contributed by atoms with Crippen molar-refractivity contribution < 1.29 is 19.1 Å². The van der Waals surface area contributed by atoms with Crippen molar-refractivity contribution in [2.24, 2.45) is 11.8 Å². The van der Waals surface area contributed by atoms with Crippen LogP contribution in [0.3, 0.4) is 0 Å². The molecule has 0 aromatic carbocycles. The molecule has 1 rings (SSSR count). The van der Waals surface area contributed by atoms with Gasteiger partial charge in [0.05, 0.1) is 13.2 Å². The second-order valence-electron chi connectivity index (χ2n) is 9.28. The Kier molecular flexibility index (Phi) is 31.0. The van der Waals surface area contributed by atoms with Crippen LogP contribution in [0.5, 0.6) is 0 Å². The summed E-state index contributed by atoms with van der Waals surface area (Å²) in [7, 11) is 0. The maximum atomic E-state index is 10.0. The molecule has 4 nitrogen and oxygen atoms in total. The van der Waals surface area contributed by atoms with E-state index in [1.54, 1.807) is 0 Å². The lowest BCUT2D eigenvalue weighted by Gasteiger charge is -2.13. The fourth-order valence-electron chi connectivity index (χ4n) is 4.22. The third kappa shape index (κ3) is 27.0. The Balaban J connectivity index is 0. The first-order valence-corrected chi connectivity index (χ1v) is 13.8. The molecule has 0 radical (unpaired) electrons. The van der Waals surface area contributed by atoms with Gasteiger partial charge in [0.25, 0.3) is 12.9 Å². The van der Waals surface area contributed by atoms with E-state index < -0.39 is 0 Å². The van der Waals surface area contributed by atoms with Crippen molar-refractivity contribution in [1.82, 2.24) is 0 Å². The summed E-state index contributed by atoms with van der Waals surface area (Å²) in [6, 6.07) is 0. The van der Waals surface area contributed by atoms with E-state index in [9.17, 15) is 9.59 Å². The zero-order chi connectivity index (χ0) is 24.1. The van der Waals surface area contributed by atoms with Crippen molar-refractivity contribution in [1.29, 1.82) is 0 Å². The first-order chi connectivity index (χ1) is 15.7. The largest absolute Gasteiger partial charge is 0.468 e. The third-order valence-corrected chi connectivity index (χ3v) is 6.13.